The molecule has 8 aromatic rings. The standard InChI is InChI=1S/C40H26N2S/c1-3-11-27(12-4-1)31-15-9-16-32(25-31)29-21-23-30(24-22-29)37-39-38(35-19-7-8-20-36(35)43-39)42-40(41-37)34-18-10-17-33(26-34)28-13-5-2-6-14-28/h1-26H. The van der Waals surface area contributed by atoms with Crippen molar-refractivity contribution in [3.63, 3.8) is 0 Å². The first-order valence-corrected chi connectivity index (χ1v) is 15.2. The molecule has 43 heavy (non-hydrogen) atoms. The van der Waals surface area contributed by atoms with E-state index in [4.69, 9.17) is 9.97 Å². The van der Waals surface area contributed by atoms with E-state index in [0.717, 1.165) is 38.4 Å². The zero-order chi connectivity index (χ0) is 28.6. The number of benzene rings is 6. The fourth-order valence-corrected chi connectivity index (χ4v) is 6.87. The highest BCUT2D eigenvalue weighted by Crippen LogP contribution is 2.40. The Labute approximate surface area is 254 Å². The summed E-state index contributed by atoms with van der Waals surface area (Å²) in [6, 6.07) is 55.6. The van der Waals surface area contributed by atoms with Crippen molar-refractivity contribution in [2.24, 2.45) is 0 Å². The van der Waals surface area contributed by atoms with Gasteiger partial charge in [-0.05, 0) is 51.6 Å². The lowest BCUT2D eigenvalue weighted by Gasteiger charge is -2.10. The van der Waals surface area contributed by atoms with E-state index in [1.165, 1.54) is 37.9 Å². The van der Waals surface area contributed by atoms with Crippen LogP contribution >= 0.6 is 11.3 Å². The molecular formula is C40H26N2S. The largest absolute Gasteiger partial charge is 0.226 e. The summed E-state index contributed by atoms with van der Waals surface area (Å²) in [6.45, 7) is 0. The van der Waals surface area contributed by atoms with Gasteiger partial charge >= 0.3 is 0 Å². The van der Waals surface area contributed by atoms with Crippen LogP contribution in [0.4, 0.5) is 0 Å². The number of nitrogens with zero attached hydrogens (tertiary/aromatic N) is 2. The van der Waals surface area contributed by atoms with Crippen molar-refractivity contribution in [3.05, 3.63) is 158 Å². The summed E-state index contributed by atoms with van der Waals surface area (Å²) >= 11 is 1.76. The molecule has 2 nitrogen and oxygen atoms in total. The summed E-state index contributed by atoms with van der Waals surface area (Å²) in [4.78, 5) is 10.4. The van der Waals surface area contributed by atoms with Crippen molar-refractivity contribution in [2.75, 3.05) is 0 Å². The molecule has 2 aromatic heterocycles. The lowest BCUT2D eigenvalue weighted by atomic mass is 9.98. The molecule has 3 heteroatoms. The first kappa shape index (κ1) is 25.3. The SMILES string of the molecule is c1ccc(-c2cccc(-c3ccc(-c4nc(-c5cccc(-c6ccccc6)c5)nc5c4sc4ccccc45)cc3)c2)cc1. The van der Waals surface area contributed by atoms with Crippen molar-refractivity contribution in [2.45, 2.75) is 0 Å². The molecule has 0 radical (unpaired) electrons. The predicted octanol–water partition coefficient (Wildman–Crippen LogP) is 11.2. The van der Waals surface area contributed by atoms with Crippen molar-refractivity contribution in [3.8, 4) is 56.0 Å². The molecule has 0 aliphatic carbocycles. The summed E-state index contributed by atoms with van der Waals surface area (Å²) in [5.74, 6) is 0.739. The molecule has 0 N–H and O–H groups in total. The van der Waals surface area contributed by atoms with Gasteiger partial charge in [0.25, 0.3) is 0 Å². The van der Waals surface area contributed by atoms with Crippen LogP contribution in [-0.4, -0.2) is 9.97 Å². The number of hydrogen-bond acceptors (Lipinski definition) is 3. The second kappa shape index (κ2) is 10.8. The van der Waals surface area contributed by atoms with Crippen LogP contribution < -0.4 is 0 Å². The molecule has 202 valence electrons. The second-order valence-corrected chi connectivity index (χ2v) is 11.7. The maximum absolute atomic E-state index is 5.23. The van der Waals surface area contributed by atoms with Gasteiger partial charge < -0.3 is 0 Å². The zero-order valence-corrected chi connectivity index (χ0v) is 24.1. The van der Waals surface area contributed by atoms with Gasteiger partial charge in [-0.1, -0.05) is 140 Å². The van der Waals surface area contributed by atoms with E-state index in [2.05, 4.69) is 152 Å². The molecule has 0 atom stereocenters. The lowest BCUT2D eigenvalue weighted by molar-refractivity contribution is 1.24. The maximum Gasteiger partial charge on any atom is 0.160 e. The molecule has 2 heterocycles. The fourth-order valence-electron chi connectivity index (χ4n) is 5.71. The normalized spacial score (nSPS) is 11.3. The van der Waals surface area contributed by atoms with Crippen LogP contribution in [0.3, 0.4) is 0 Å². The van der Waals surface area contributed by atoms with Crippen LogP contribution in [0.5, 0.6) is 0 Å². The first-order valence-electron chi connectivity index (χ1n) is 14.4. The average Bonchev–Trinajstić information content (AvgIpc) is 3.48. The first-order chi connectivity index (χ1) is 21.3. The third kappa shape index (κ3) is 4.80. The highest BCUT2D eigenvalue weighted by Gasteiger charge is 2.17. The van der Waals surface area contributed by atoms with Gasteiger partial charge in [0.2, 0.25) is 0 Å². The minimum atomic E-state index is 0.739. The number of hydrogen-bond donors (Lipinski definition) is 0. The van der Waals surface area contributed by atoms with Crippen molar-refractivity contribution < 1.29 is 0 Å². The van der Waals surface area contributed by atoms with E-state index < -0.39 is 0 Å². The smallest absolute Gasteiger partial charge is 0.160 e. The number of thiophene rings is 1. The Morgan fingerprint density at radius 2 is 0.860 bits per heavy atom. The van der Waals surface area contributed by atoms with Crippen LogP contribution in [0.15, 0.2) is 158 Å². The van der Waals surface area contributed by atoms with E-state index in [1.54, 1.807) is 11.3 Å². The second-order valence-electron chi connectivity index (χ2n) is 10.6. The van der Waals surface area contributed by atoms with Gasteiger partial charge in [0, 0.05) is 21.2 Å². The monoisotopic (exact) mass is 566 g/mol. The fraction of sp³-hybridized carbons (Fsp3) is 0. The van der Waals surface area contributed by atoms with E-state index in [-0.39, 0.29) is 0 Å². The average molecular weight is 567 g/mol. The third-order valence-electron chi connectivity index (χ3n) is 7.91. The Hall–Kier alpha value is -5.38. The summed E-state index contributed by atoms with van der Waals surface area (Å²) in [7, 11) is 0. The van der Waals surface area contributed by atoms with E-state index in [1.807, 2.05) is 6.07 Å². The number of aromatic nitrogens is 2. The Kier molecular flexibility index (Phi) is 6.36. The third-order valence-corrected chi connectivity index (χ3v) is 9.08. The van der Waals surface area contributed by atoms with Crippen molar-refractivity contribution in [1.82, 2.24) is 9.97 Å². The molecule has 0 fully saturated rings. The zero-order valence-electron chi connectivity index (χ0n) is 23.3. The molecule has 6 aromatic carbocycles. The highest BCUT2D eigenvalue weighted by atomic mass is 32.1. The highest BCUT2D eigenvalue weighted by molar-refractivity contribution is 7.26. The van der Waals surface area contributed by atoms with Gasteiger partial charge in [0.15, 0.2) is 5.82 Å². The predicted molar refractivity (Wildman–Crippen MR) is 182 cm³/mol. The molecular weight excluding hydrogens is 541 g/mol. The molecule has 0 aliphatic rings. The maximum atomic E-state index is 5.23. The molecule has 8 rings (SSSR count). The molecule has 0 saturated carbocycles. The van der Waals surface area contributed by atoms with Gasteiger partial charge in [-0.3, -0.25) is 0 Å². The van der Waals surface area contributed by atoms with E-state index in [0.29, 0.717) is 0 Å². The minimum absolute atomic E-state index is 0.739. The van der Waals surface area contributed by atoms with Gasteiger partial charge in [-0.2, -0.15) is 0 Å². The van der Waals surface area contributed by atoms with Gasteiger partial charge in [0.1, 0.15) is 0 Å². The van der Waals surface area contributed by atoms with Crippen LogP contribution in [-0.2, 0) is 0 Å². The summed E-state index contributed by atoms with van der Waals surface area (Å²) < 4.78 is 2.33. The van der Waals surface area contributed by atoms with Gasteiger partial charge in [-0.15, -0.1) is 11.3 Å². The quantitative estimate of drug-likeness (QED) is 0.207. The van der Waals surface area contributed by atoms with Crippen molar-refractivity contribution in [1.29, 1.82) is 0 Å². The molecule has 0 saturated heterocycles. The molecule has 0 bridgehead atoms. The molecule has 0 amide bonds. The van der Waals surface area contributed by atoms with Crippen LogP contribution in [0, 0.1) is 0 Å². The van der Waals surface area contributed by atoms with E-state index >= 15 is 0 Å². The van der Waals surface area contributed by atoms with Crippen LogP contribution in [0.1, 0.15) is 0 Å². The molecule has 0 spiro atoms. The summed E-state index contributed by atoms with van der Waals surface area (Å²) in [5, 5.41) is 1.17. The molecule has 0 unspecified atom stereocenters. The van der Waals surface area contributed by atoms with Gasteiger partial charge in [-0.25, -0.2) is 9.97 Å². The number of rotatable bonds is 5. The summed E-state index contributed by atoms with van der Waals surface area (Å²) in [5.41, 5.74) is 11.2. The number of fused-ring (bicyclic) bond motifs is 3. The topological polar surface area (TPSA) is 25.8 Å². The van der Waals surface area contributed by atoms with Crippen LogP contribution in [0.25, 0.3) is 76.3 Å². The summed E-state index contributed by atoms with van der Waals surface area (Å²) in [6.07, 6.45) is 0. The Balaban J connectivity index is 1.24. The Bertz CT molecular complexity index is 2220. The van der Waals surface area contributed by atoms with E-state index in [9.17, 15) is 0 Å². The Morgan fingerprint density at radius 3 is 1.51 bits per heavy atom. The minimum Gasteiger partial charge on any atom is -0.226 e. The lowest BCUT2D eigenvalue weighted by Crippen LogP contribution is -1.94. The van der Waals surface area contributed by atoms with Crippen molar-refractivity contribution >= 4 is 31.6 Å². The van der Waals surface area contributed by atoms with Gasteiger partial charge in [0.05, 0.1) is 15.9 Å². The molecule has 0 aliphatic heterocycles. The van der Waals surface area contributed by atoms with Crippen LogP contribution in [0.2, 0.25) is 0 Å². The Morgan fingerprint density at radius 1 is 0.372 bits per heavy atom.